The summed E-state index contributed by atoms with van der Waals surface area (Å²) in [6, 6.07) is 7.76. The van der Waals surface area contributed by atoms with E-state index in [4.69, 9.17) is 0 Å². The maximum absolute atomic E-state index is 11.4. The van der Waals surface area contributed by atoms with Crippen LogP contribution < -0.4 is 5.32 Å². The number of allylic oxidation sites excluding steroid dienone is 3. The van der Waals surface area contributed by atoms with Gasteiger partial charge in [0.2, 0.25) is 5.91 Å². The van der Waals surface area contributed by atoms with Crippen molar-refractivity contribution in [2.24, 2.45) is 0 Å². The predicted octanol–water partition coefficient (Wildman–Crippen LogP) is 3.48. The Labute approximate surface area is 100 Å². The van der Waals surface area contributed by atoms with E-state index in [0.717, 1.165) is 10.6 Å². The molecule has 84 valence electrons. The Bertz CT molecular complexity index is 410. The third-order valence-corrected chi connectivity index (χ3v) is 2.61. The van der Waals surface area contributed by atoms with Crippen LogP contribution in [0.3, 0.4) is 0 Å². The minimum atomic E-state index is -0.114. The average Bonchev–Trinajstić information content (AvgIpc) is 2.29. The molecule has 1 aromatic carbocycles. The number of hydrogen-bond acceptors (Lipinski definition) is 2. The van der Waals surface area contributed by atoms with Gasteiger partial charge in [-0.2, -0.15) is 0 Å². The maximum atomic E-state index is 11.4. The lowest BCUT2D eigenvalue weighted by Crippen LogP contribution is -2.07. The number of carbonyl (C=O) groups is 1. The summed E-state index contributed by atoms with van der Waals surface area (Å²) >= 11 is 1.65. The number of benzene rings is 1. The van der Waals surface area contributed by atoms with Crippen LogP contribution in [0.15, 0.2) is 53.5 Å². The van der Waals surface area contributed by atoms with Gasteiger partial charge in [-0.15, -0.1) is 11.8 Å². The molecule has 1 amide bonds. The van der Waals surface area contributed by atoms with Crippen LogP contribution >= 0.6 is 11.8 Å². The summed E-state index contributed by atoms with van der Waals surface area (Å²) in [7, 11) is 0. The fourth-order valence-electron chi connectivity index (χ4n) is 1.14. The zero-order chi connectivity index (χ0) is 11.8. The highest BCUT2D eigenvalue weighted by atomic mass is 32.2. The van der Waals surface area contributed by atoms with E-state index in [1.54, 1.807) is 17.8 Å². The first-order valence-corrected chi connectivity index (χ1v) is 6.23. The number of thioether (sulfide) groups is 1. The van der Waals surface area contributed by atoms with E-state index < -0.39 is 0 Å². The Morgan fingerprint density at radius 1 is 1.38 bits per heavy atom. The highest BCUT2D eigenvalue weighted by Crippen LogP contribution is 2.18. The zero-order valence-electron chi connectivity index (χ0n) is 9.44. The predicted molar refractivity (Wildman–Crippen MR) is 70.8 cm³/mol. The summed E-state index contributed by atoms with van der Waals surface area (Å²) in [5.41, 5.74) is 0.821. The molecular formula is C13H15NOS. The molecule has 0 aliphatic rings. The highest BCUT2D eigenvalue weighted by Gasteiger charge is 1.97. The number of amides is 1. The van der Waals surface area contributed by atoms with E-state index in [9.17, 15) is 4.79 Å². The average molecular weight is 233 g/mol. The monoisotopic (exact) mass is 233 g/mol. The first-order valence-electron chi connectivity index (χ1n) is 5.00. The van der Waals surface area contributed by atoms with Crippen molar-refractivity contribution in [1.82, 2.24) is 0 Å². The molecule has 0 aliphatic carbocycles. The molecule has 0 saturated carbocycles. The van der Waals surface area contributed by atoms with Gasteiger partial charge in [0.05, 0.1) is 0 Å². The van der Waals surface area contributed by atoms with Crippen molar-refractivity contribution >= 4 is 23.4 Å². The third kappa shape index (κ3) is 4.36. The van der Waals surface area contributed by atoms with Gasteiger partial charge < -0.3 is 5.32 Å². The summed E-state index contributed by atoms with van der Waals surface area (Å²) in [6.07, 6.45) is 8.92. The number of rotatable bonds is 4. The quantitative estimate of drug-likeness (QED) is 0.490. The second kappa shape index (κ2) is 6.90. The van der Waals surface area contributed by atoms with Gasteiger partial charge in [-0.05, 0) is 31.4 Å². The van der Waals surface area contributed by atoms with E-state index in [1.807, 2.05) is 49.6 Å². The second-order valence-electron chi connectivity index (χ2n) is 3.11. The van der Waals surface area contributed by atoms with Gasteiger partial charge in [-0.3, -0.25) is 4.79 Å². The minimum Gasteiger partial charge on any atom is -0.322 e. The molecule has 0 spiro atoms. The van der Waals surface area contributed by atoms with Crippen molar-refractivity contribution in [2.75, 3.05) is 11.6 Å². The molecule has 0 heterocycles. The van der Waals surface area contributed by atoms with Gasteiger partial charge in [0.25, 0.3) is 0 Å². The van der Waals surface area contributed by atoms with Crippen LogP contribution in [0.5, 0.6) is 0 Å². The maximum Gasteiger partial charge on any atom is 0.248 e. The third-order valence-electron chi connectivity index (χ3n) is 1.89. The van der Waals surface area contributed by atoms with Crippen LogP contribution in [0.2, 0.25) is 0 Å². The zero-order valence-corrected chi connectivity index (χ0v) is 10.3. The van der Waals surface area contributed by atoms with Crippen LogP contribution in [0, 0.1) is 0 Å². The fourth-order valence-corrected chi connectivity index (χ4v) is 1.60. The van der Waals surface area contributed by atoms with Gasteiger partial charge in [-0.25, -0.2) is 0 Å². The lowest BCUT2D eigenvalue weighted by molar-refractivity contribution is -0.111. The molecule has 2 nitrogen and oxygen atoms in total. The van der Waals surface area contributed by atoms with Gasteiger partial charge in [0.1, 0.15) is 0 Å². The Hall–Kier alpha value is -1.48. The Morgan fingerprint density at radius 2 is 2.19 bits per heavy atom. The van der Waals surface area contributed by atoms with Gasteiger partial charge >= 0.3 is 0 Å². The SMILES string of the molecule is C/C=C/C=C/C(=O)Nc1cccc(SC)c1. The van der Waals surface area contributed by atoms with E-state index >= 15 is 0 Å². The molecule has 16 heavy (non-hydrogen) atoms. The normalized spacial score (nSPS) is 11.1. The lowest BCUT2D eigenvalue weighted by Gasteiger charge is -2.03. The number of hydrogen-bond donors (Lipinski definition) is 1. The molecule has 1 N–H and O–H groups in total. The Balaban J connectivity index is 2.62. The summed E-state index contributed by atoms with van der Waals surface area (Å²) in [4.78, 5) is 12.6. The first kappa shape index (κ1) is 12.6. The molecule has 0 radical (unpaired) electrons. The number of anilines is 1. The summed E-state index contributed by atoms with van der Waals surface area (Å²) in [6.45, 7) is 1.91. The van der Waals surface area contributed by atoms with E-state index in [-0.39, 0.29) is 5.91 Å². The first-order chi connectivity index (χ1) is 7.76. The molecule has 0 fully saturated rings. The lowest BCUT2D eigenvalue weighted by atomic mass is 10.3. The molecule has 0 bridgehead atoms. The Morgan fingerprint density at radius 3 is 2.88 bits per heavy atom. The van der Waals surface area contributed by atoms with Crippen LogP contribution in [-0.2, 0) is 4.79 Å². The largest absolute Gasteiger partial charge is 0.322 e. The molecule has 1 aromatic rings. The fraction of sp³-hybridized carbons (Fsp3) is 0.154. The second-order valence-corrected chi connectivity index (χ2v) is 3.99. The Kier molecular flexibility index (Phi) is 5.43. The highest BCUT2D eigenvalue weighted by molar-refractivity contribution is 7.98. The molecule has 1 rings (SSSR count). The van der Waals surface area contributed by atoms with E-state index in [2.05, 4.69) is 5.32 Å². The van der Waals surface area contributed by atoms with Crippen LogP contribution in [0.1, 0.15) is 6.92 Å². The standard InChI is InChI=1S/C13H15NOS/c1-3-4-5-9-13(15)14-11-7-6-8-12(10-11)16-2/h3-10H,1-2H3,(H,14,15)/b4-3+,9-5+. The van der Waals surface area contributed by atoms with Crippen molar-refractivity contribution in [3.8, 4) is 0 Å². The molecule has 0 saturated heterocycles. The van der Waals surface area contributed by atoms with Crippen molar-refractivity contribution in [2.45, 2.75) is 11.8 Å². The summed E-state index contributed by atoms with van der Waals surface area (Å²) in [5.74, 6) is -0.114. The molecule has 0 atom stereocenters. The number of carbonyl (C=O) groups excluding carboxylic acids is 1. The van der Waals surface area contributed by atoms with Crippen molar-refractivity contribution in [1.29, 1.82) is 0 Å². The van der Waals surface area contributed by atoms with Crippen LogP contribution in [0.25, 0.3) is 0 Å². The summed E-state index contributed by atoms with van der Waals surface area (Å²) in [5, 5.41) is 2.80. The van der Waals surface area contributed by atoms with Crippen molar-refractivity contribution in [3.05, 3.63) is 48.6 Å². The van der Waals surface area contributed by atoms with Gasteiger partial charge in [0.15, 0.2) is 0 Å². The van der Waals surface area contributed by atoms with E-state index in [1.165, 1.54) is 6.08 Å². The van der Waals surface area contributed by atoms with Crippen molar-refractivity contribution in [3.63, 3.8) is 0 Å². The van der Waals surface area contributed by atoms with Crippen LogP contribution in [-0.4, -0.2) is 12.2 Å². The smallest absolute Gasteiger partial charge is 0.248 e. The van der Waals surface area contributed by atoms with Crippen LogP contribution in [0.4, 0.5) is 5.69 Å². The van der Waals surface area contributed by atoms with Gasteiger partial charge in [0, 0.05) is 16.7 Å². The summed E-state index contributed by atoms with van der Waals surface area (Å²) < 4.78 is 0. The molecule has 3 heteroatoms. The van der Waals surface area contributed by atoms with Crippen molar-refractivity contribution < 1.29 is 4.79 Å². The van der Waals surface area contributed by atoms with Gasteiger partial charge in [-0.1, -0.05) is 24.3 Å². The molecule has 0 aliphatic heterocycles. The number of nitrogens with one attached hydrogen (secondary N) is 1. The molecular weight excluding hydrogens is 218 g/mol. The molecule has 0 unspecified atom stereocenters. The molecule has 0 aromatic heterocycles. The topological polar surface area (TPSA) is 29.1 Å². The minimum absolute atomic E-state index is 0.114. The van der Waals surface area contributed by atoms with E-state index in [0.29, 0.717) is 0 Å².